The van der Waals surface area contributed by atoms with Gasteiger partial charge in [-0.15, -0.1) is 0 Å². The fourth-order valence-electron chi connectivity index (χ4n) is 4.41. The molecule has 30 heavy (non-hydrogen) atoms. The molecule has 3 aliphatic rings. The van der Waals surface area contributed by atoms with Gasteiger partial charge in [-0.2, -0.15) is 5.10 Å². The maximum atomic E-state index is 12.8. The third-order valence-corrected chi connectivity index (χ3v) is 5.95. The van der Waals surface area contributed by atoms with Crippen LogP contribution in [0.5, 0.6) is 11.5 Å². The van der Waals surface area contributed by atoms with Crippen molar-refractivity contribution in [3.05, 3.63) is 40.7 Å². The third-order valence-electron chi connectivity index (χ3n) is 5.95. The Morgan fingerprint density at radius 3 is 2.73 bits per heavy atom. The van der Waals surface area contributed by atoms with Crippen molar-refractivity contribution in [2.45, 2.75) is 44.4 Å². The minimum atomic E-state index is -0.334. The van der Waals surface area contributed by atoms with Crippen LogP contribution >= 0.6 is 0 Å². The minimum Gasteiger partial charge on any atom is -0.486 e. The van der Waals surface area contributed by atoms with Gasteiger partial charge in [0.25, 0.3) is 11.5 Å². The number of amides is 1. The Bertz CT molecular complexity index is 999. The highest BCUT2D eigenvalue weighted by Crippen LogP contribution is 2.33. The van der Waals surface area contributed by atoms with Crippen LogP contribution in [0.1, 0.15) is 25.7 Å². The summed E-state index contributed by atoms with van der Waals surface area (Å²) in [6.07, 6.45) is 3.16. The average molecular weight is 411 g/mol. The predicted molar refractivity (Wildman–Crippen MR) is 109 cm³/mol. The summed E-state index contributed by atoms with van der Waals surface area (Å²) in [4.78, 5) is 27.2. The van der Waals surface area contributed by atoms with Crippen molar-refractivity contribution in [3.8, 4) is 22.8 Å². The first-order valence-corrected chi connectivity index (χ1v) is 10.6. The lowest BCUT2D eigenvalue weighted by Gasteiger charge is -2.27. The van der Waals surface area contributed by atoms with Gasteiger partial charge < -0.3 is 19.1 Å². The summed E-state index contributed by atoms with van der Waals surface area (Å²) in [7, 11) is 0. The van der Waals surface area contributed by atoms with Gasteiger partial charge in [0.2, 0.25) is 0 Å². The molecule has 1 unspecified atom stereocenters. The number of hydrogen-bond acceptors (Lipinski definition) is 6. The fourth-order valence-corrected chi connectivity index (χ4v) is 4.41. The van der Waals surface area contributed by atoms with E-state index in [1.54, 1.807) is 6.07 Å². The lowest BCUT2D eigenvalue weighted by atomic mass is 10.1. The van der Waals surface area contributed by atoms with Gasteiger partial charge in [-0.05, 0) is 49.9 Å². The van der Waals surface area contributed by atoms with Gasteiger partial charge in [0.1, 0.15) is 19.3 Å². The van der Waals surface area contributed by atoms with E-state index in [0.717, 1.165) is 31.2 Å². The van der Waals surface area contributed by atoms with Crippen molar-refractivity contribution in [3.63, 3.8) is 0 Å². The van der Waals surface area contributed by atoms with E-state index >= 15 is 0 Å². The molecule has 0 radical (unpaired) electrons. The van der Waals surface area contributed by atoms with Gasteiger partial charge in [-0.25, -0.2) is 4.68 Å². The molecular formula is C22H25N3O5. The van der Waals surface area contributed by atoms with Crippen LogP contribution in [0.3, 0.4) is 0 Å². The Labute approximate surface area is 174 Å². The number of nitrogens with zero attached hydrogens (tertiary/aromatic N) is 3. The van der Waals surface area contributed by atoms with Crippen molar-refractivity contribution in [2.75, 3.05) is 26.4 Å². The van der Waals surface area contributed by atoms with E-state index < -0.39 is 0 Å². The molecule has 1 amide bonds. The monoisotopic (exact) mass is 411 g/mol. The maximum Gasteiger partial charge on any atom is 0.266 e. The molecule has 2 atom stereocenters. The molecule has 1 aromatic heterocycles. The van der Waals surface area contributed by atoms with Crippen LogP contribution in [0.2, 0.25) is 0 Å². The molecule has 8 heteroatoms. The minimum absolute atomic E-state index is 0.0394. The Morgan fingerprint density at radius 2 is 1.90 bits per heavy atom. The second kappa shape index (κ2) is 8.10. The number of benzene rings is 1. The quantitative estimate of drug-likeness (QED) is 0.764. The highest BCUT2D eigenvalue weighted by Gasteiger charge is 2.35. The van der Waals surface area contributed by atoms with Crippen molar-refractivity contribution in [2.24, 2.45) is 0 Å². The molecule has 8 nitrogen and oxygen atoms in total. The van der Waals surface area contributed by atoms with E-state index in [1.165, 1.54) is 10.7 Å². The summed E-state index contributed by atoms with van der Waals surface area (Å²) in [5.41, 5.74) is 1.36. The molecule has 2 fully saturated rings. The number of ether oxygens (including phenoxy) is 3. The van der Waals surface area contributed by atoms with Gasteiger partial charge in [0.15, 0.2) is 11.5 Å². The normalized spacial score (nSPS) is 23.0. The van der Waals surface area contributed by atoms with Crippen LogP contribution in [-0.2, 0) is 16.1 Å². The fraction of sp³-hybridized carbons (Fsp3) is 0.500. The van der Waals surface area contributed by atoms with E-state index in [4.69, 9.17) is 14.2 Å². The SMILES string of the molecule is O=C(C1CCCO1)N1CCC[C@H]1Cn1nc(-c2ccc3c(c2)OCCO3)ccc1=O. The number of likely N-dealkylation sites (tertiary alicyclic amines) is 1. The van der Waals surface area contributed by atoms with Crippen LogP contribution in [0.15, 0.2) is 35.1 Å². The molecule has 0 aliphatic carbocycles. The van der Waals surface area contributed by atoms with Crippen molar-refractivity contribution in [1.29, 1.82) is 0 Å². The summed E-state index contributed by atoms with van der Waals surface area (Å²) in [6.45, 7) is 2.79. The summed E-state index contributed by atoms with van der Waals surface area (Å²) in [5, 5.41) is 4.58. The van der Waals surface area contributed by atoms with E-state index in [2.05, 4.69) is 5.10 Å². The van der Waals surface area contributed by atoms with Crippen molar-refractivity contribution < 1.29 is 19.0 Å². The zero-order valence-corrected chi connectivity index (χ0v) is 16.8. The van der Waals surface area contributed by atoms with E-state index in [1.807, 2.05) is 23.1 Å². The van der Waals surface area contributed by atoms with Gasteiger partial charge in [-0.3, -0.25) is 9.59 Å². The van der Waals surface area contributed by atoms with Crippen LogP contribution < -0.4 is 15.0 Å². The van der Waals surface area contributed by atoms with Gasteiger partial charge in [0.05, 0.1) is 18.3 Å². The Balaban J connectivity index is 1.37. The number of carbonyl (C=O) groups excluding carboxylic acids is 1. The Hall–Kier alpha value is -2.87. The van der Waals surface area contributed by atoms with E-state index in [-0.39, 0.29) is 23.6 Å². The molecular weight excluding hydrogens is 386 g/mol. The first-order valence-electron chi connectivity index (χ1n) is 10.6. The van der Waals surface area contributed by atoms with E-state index in [0.29, 0.717) is 50.1 Å². The van der Waals surface area contributed by atoms with Crippen LogP contribution in [-0.4, -0.2) is 59.1 Å². The largest absolute Gasteiger partial charge is 0.486 e. The maximum absolute atomic E-state index is 12.8. The second-order valence-electron chi connectivity index (χ2n) is 7.93. The first-order chi connectivity index (χ1) is 14.7. The summed E-state index contributed by atoms with van der Waals surface area (Å²) in [5.74, 6) is 1.45. The topological polar surface area (TPSA) is 82.9 Å². The smallest absolute Gasteiger partial charge is 0.266 e. The molecule has 3 aliphatic heterocycles. The zero-order chi connectivity index (χ0) is 20.5. The predicted octanol–water partition coefficient (Wildman–Crippen LogP) is 1.85. The van der Waals surface area contributed by atoms with Crippen LogP contribution in [0.25, 0.3) is 11.3 Å². The molecule has 0 bridgehead atoms. The standard InChI is InChI=1S/C22H25N3O5/c26-21-8-6-17(15-5-7-18-20(13-15)30-12-11-29-18)23-25(21)14-16-3-1-9-24(16)22(27)19-4-2-10-28-19/h5-8,13,16,19H,1-4,9-12,14H2/t16-,19?/m0/s1. The van der Waals surface area contributed by atoms with Gasteiger partial charge in [-0.1, -0.05) is 0 Å². The molecule has 5 rings (SSSR count). The lowest BCUT2D eigenvalue weighted by Crippen LogP contribution is -2.45. The number of fused-ring (bicyclic) bond motifs is 1. The number of carbonyl (C=O) groups is 1. The lowest BCUT2D eigenvalue weighted by molar-refractivity contribution is -0.142. The number of rotatable bonds is 4. The second-order valence-corrected chi connectivity index (χ2v) is 7.93. The molecule has 2 aromatic rings. The Morgan fingerprint density at radius 1 is 1.03 bits per heavy atom. The Kier molecular flexibility index (Phi) is 5.16. The molecule has 158 valence electrons. The van der Waals surface area contributed by atoms with E-state index in [9.17, 15) is 9.59 Å². The summed E-state index contributed by atoms with van der Waals surface area (Å²) < 4.78 is 18.3. The first kappa shape index (κ1) is 19.1. The highest BCUT2D eigenvalue weighted by atomic mass is 16.6. The number of hydrogen-bond donors (Lipinski definition) is 0. The summed E-state index contributed by atoms with van der Waals surface area (Å²) in [6, 6.07) is 8.86. The van der Waals surface area contributed by atoms with Crippen LogP contribution in [0.4, 0.5) is 0 Å². The molecule has 4 heterocycles. The highest BCUT2D eigenvalue weighted by molar-refractivity contribution is 5.81. The molecule has 2 saturated heterocycles. The zero-order valence-electron chi connectivity index (χ0n) is 16.8. The molecule has 1 aromatic carbocycles. The molecule has 0 spiro atoms. The molecule has 0 N–H and O–H groups in total. The molecule has 0 saturated carbocycles. The van der Waals surface area contributed by atoms with Gasteiger partial charge >= 0.3 is 0 Å². The summed E-state index contributed by atoms with van der Waals surface area (Å²) >= 11 is 0. The van der Waals surface area contributed by atoms with Crippen LogP contribution in [0, 0.1) is 0 Å². The number of aromatic nitrogens is 2. The average Bonchev–Trinajstić information content (AvgIpc) is 3.47. The van der Waals surface area contributed by atoms with Gasteiger partial charge in [0, 0.05) is 24.8 Å². The van der Waals surface area contributed by atoms with Crippen molar-refractivity contribution >= 4 is 5.91 Å². The van der Waals surface area contributed by atoms with Crippen molar-refractivity contribution in [1.82, 2.24) is 14.7 Å². The third kappa shape index (κ3) is 3.67.